The maximum absolute atomic E-state index is 12.4. The number of nitrogens with one attached hydrogen (secondary N) is 1. The van der Waals surface area contributed by atoms with Crippen LogP contribution in [0.1, 0.15) is 38.7 Å². The van der Waals surface area contributed by atoms with Gasteiger partial charge in [0.05, 0.1) is 19.9 Å². The fourth-order valence-corrected chi connectivity index (χ4v) is 3.29. The molecule has 0 bridgehead atoms. The molecule has 0 aromatic heterocycles. The highest BCUT2D eigenvalue weighted by Crippen LogP contribution is 2.28. The first-order valence-electron chi connectivity index (χ1n) is 11.6. The van der Waals surface area contributed by atoms with Crippen molar-refractivity contribution in [2.45, 2.75) is 39.2 Å². The van der Waals surface area contributed by atoms with Crippen molar-refractivity contribution in [1.29, 1.82) is 0 Å². The van der Waals surface area contributed by atoms with E-state index in [0.717, 1.165) is 36.0 Å². The van der Waals surface area contributed by atoms with Gasteiger partial charge >= 0.3 is 0 Å². The third kappa shape index (κ3) is 7.37. The molecule has 1 unspecified atom stereocenters. The fourth-order valence-electron chi connectivity index (χ4n) is 3.29. The van der Waals surface area contributed by atoms with E-state index >= 15 is 0 Å². The zero-order chi connectivity index (χ0) is 24.2. The van der Waals surface area contributed by atoms with Crippen molar-refractivity contribution < 1.29 is 19.0 Å². The number of hydrogen-bond donors (Lipinski definition) is 1. The summed E-state index contributed by atoms with van der Waals surface area (Å²) < 4.78 is 17.0. The summed E-state index contributed by atoms with van der Waals surface area (Å²) in [5, 5.41) is 4.05. The van der Waals surface area contributed by atoms with Crippen LogP contribution in [0.15, 0.2) is 77.9 Å². The molecule has 34 heavy (non-hydrogen) atoms. The topological polar surface area (TPSA) is 69.2 Å². The molecule has 178 valence electrons. The number of benzene rings is 3. The largest absolute Gasteiger partial charge is 0.493 e. The molecule has 0 saturated heterocycles. The quantitative estimate of drug-likeness (QED) is 0.209. The van der Waals surface area contributed by atoms with Gasteiger partial charge in [-0.2, -0.15) is 5.10 Å². The number of nitrogens with zero attached hydrogens (tertiary/aromatic N) is 1. The molecule has 1 N–H and O–H groups in total. The number of rotatable bonds is 12. The first-order valence-corrected chi connectivity index (χ1v) is 11.6. The van der Waals surface area contributed by atoms with Crippen LogP contribution in [0.25, 0.3) is 11.1 Å². The van der Waals surface area contributed by atoms with Crippen LogP contribution in [0.3, 0.4) is 0 Å². The van der Waals surface area contributed by atoms with Gasteiger partial charge in [-0.3, -0.25) is 4.79 Å². The van der Waals surface area contributed by atoms with Crippen molar-refractivity contribution in [2.24, 2.45) is 5.10 Å². The Kier molecular flexibility index (Phi) is 9.52. The van der Waals surface area contributed by atoms with Gasteiger partial charge in [-0.25, -0.2) is 5.43 Å². The lowest BCUT2D eigenvalue weighted by Gasteiger charge is -2.13. The smallest absolute Gasteiger partial charge is 0.280 e. The third-order valence-corrected chi connectivity index (χ3v) is 5.23. The number of unbranched alkanes of at least 4 members (excludes halogenated alkanes) is 2. The standard InChI is InChI=1S/C28H32N2O4/c1-4-5-9-18-33-26-17-12-22(19-27(26)32-3)20-29-30-28(31)21(2)34-25-15-13-24(14-16-25)23-10-7-6-8-11-23/h6-8,10-17,19-21H,4-5,9,18H2,1-3H3,(H,30,31)/b29-20+. The number of carbonyl (C=O) groups is 1. The summed E-state index contributed by atoms with van der Waals surface area (Å²) in [6, 6.07) is 23.3. The van der Waals surface area contributed by atoms with Gasteiger partial charge in [0.2, 0.25) is 0 Å². The van der Waals surface area contributed by atoms with Crippen molar-refractivity contribution in [2.75, 3.05) is 13.7 Å². The Hall–Kier alpha value is -3.80. The Balaban J connectivity index is 1.51. The Labute approximate surface area is 201 Å². The predicted molar refractivity (Wildman–Crippen MR) is 136 cm³/mol. The van der Waals surface area contributed by atoms with E-state index in [-0.39, 0.29) is 5.91 Å². The molecule has 0 saturated carbocycles. The minimum atomic E-state index is -0.701. The van der Waals surface area contributed by atoms with Crippen LogP contribution >= 0.6 is 0 Å². The molecular formula is C28H32N2O4. The number of hydrazone groups is 1. The van der Waals surface area contributed by atoms with E-state index in [1.165, 1.54) is 0 Å². The Morgan fingerprint density at radius 1 is 0.971 bits per heavy atom. The average molecular weight is 461 g/mol. The minimum absolute atomic E-state index is 0.341. The van der Waals surface area contributed by atoms with Crippen LogP contribution in [0.4, 0.5) is 0 Å². The van der Waals surface area contributed by atoms with Crippen molar-refractivity contribution >= 4 is 12.1 Å². The van der Waals surface area contributed by atoms with Crippen molar-refractivity contribution in [3.63, 3.8) is 0 Å². The molecule has 0 aliphatic carbocycles. The van der Waals surface area contributed by atoms with Gasteiger partial charge in [-0.05, 0) is 60.4 Å². The summed E-state index contributed by atoms with van der Waals surface area (Å²) in [7, 11) is 1.60. The van der Waals surface area contributed by atoms with Crippen LogP contribution in [0.5, 0.6) is 17.2 Å². The maximum Gasteiger partial charge on any atom is 0.280 e. The molecule has 6 nitrogen and oxygen atoms in total. The monoisotopic (exact) mass is 460 g/mol. The Morgan fingerprint density at radius 2 is 1.71 bits per heavy atom. The van der Waals surface area contributed by atoms with E-state index in [0.29, 0.717) is 23.9 Å². The molecule has 0 spiro atoms. The van der Waals surface area contributed by atoms with E-state index < -0.39 is 6.10 Å². The van der Waals surface area contributed by atoms with Gasteiger partial charge in [0.25, 0.3) is 5.91 Å². The zero-order valence-corrected chi connectivity index (χ0v) is 20.0. The van der Waals surface area contributed by atoms with Crippen molar-refractivity contribution in [3.8, 4) is 28.4 Å². The molecule has 6 heteroatoms. The molecule has 0 heterocycles. The van der Waals surface area contributed by atoms with Gasteiger partial charge in [0.15, 0.2) is 17.6 Å². The number of methoxy groups -OCH3 is 1. The SMILES string of the molecule is CCCCCOc1ccc(/C=N/NC(=O)C(C)Oc2ccc(-c3ccccc3)cc2)cc1OC. The van der Waals surface area contributed by atoms with Crippen LogP contribution in [-0.4, -0.2) is 31.9 Å². The van der Waals surface area contributed by atoms with Crippen LogP contribution in [0.2, 0.25) is 0 Å². The molecule has 1 atom stereocenters. The first kappa shape index (κ1) is 24.8. The lowest BCUT2D eigenvalue weighted by Crippen LogP contribution is -2.33. The van der Waals surface area contributed by atoms with Gasteiger partial charge in [0.1, 0.15) is 5.75 Å². The highest BCUT2D eigenvalue weighted by molar-refractivity contribution is 5.85. The zero-order valence-electron chi connectivity index (χ0n) is 20.0. The highest BCUT2D eigenvalue weighted by Gasteiger charge is 2.14. The second kappa shape index (κ2) is 13.0. The van der Waals surface area contributed by atoms with Crippen LogP contribution in [0, 0.1) is 0 Å². The summed E-state index contributed by atoms with van der Waals surface area (Å²) in [6.45, 7) is 4.49. The molecule has 1 amide bonds. The van der Waals surface area contributed by atoms with Gasteiger partial charge in [-0.1, -0.05) is 62.2 Å². The number of carbonyl (C=O) groups excluding carboxylic acids is 1. The van der Waals surface area contributed by atoms with E-state index in [9.17, 15) is 4.79 Å². The van der Waals surface area contributed by atoms with E-state index in [1.807, 2.05) is 72.8 Å². The molecular weight excluding hydrogens is 428 g/mol. The highest BCUT2D eigenvalue weighted by atomic mass is 16.5. The number of hydrogen-bond acceptors (Lipinski definition) is 5. The Bertz CT molecular complexity index is 1070. The van der Waals surface area contributed by atoms with E-state index in [2.05, 4.69) is 17.5 Å². The van der Waals surface area contributed by atoms with Crippen molar-refractivity contribution in [3.05, 3.63) is 78.4 Å². The molecule has 3 aromatic carbocycles. The van der Waals surface area contributed by atoms with Crippen LogP contribution < -0.4 is 19.6 Å². The molecule has 0 aliphatic rings. The van der Waals surface area contributed by atoms with Gasteiger partial charge in [-0.15, -0.1) is 0 Å². The second-order valence-electron chi connectivity index (χ2n) is 7.85. The van der Waals surface area contributed by atoms with Gasteiger partial charge in [0, 0.05) is 0 Å². The third-order valence-electron chi connectivity index (χ3n) is 5.23. The predicted octanol–water partition coefficient (Wildman–Crippen LogP) is 5.85. The number of ether oxygens (including phenoxy) is 3. The second-order valence-corrected chi connectivity index (χ2v) is 7.85. The summed E-state index contributed by atoms with van der Waals surface area (Å²) >= 11 is 0. The summed E-state index contributed by atoms with van der Waals surface area (Å²) in [5.41, 5.74) is 5.52. The van der Waals surface area contributed by atoms with E-state index in [4.69, 9.17) is 14.2 Å². The molecule has 3 rings (SSSR count). The van der Waals surface area contributed by atoms with Crippen molar-refractivity contribution in [1.82, 2.24) is 5.43 Å². The Morgan fingerprint density at radius 3 is 2.41 bits per heavy atom. The summed E-state index contributed by atoms with van der Waals surface area (Å²) in [5.74, 6) is 1.60. The molecule has 3 aromatic rings. The lowest BCUT2D eigenvalue weighted by atomic mass is 10.1. The van der Waals surface area contributed by atoms with E-state index in [1.54, 1.807) is 20.2 Å². The fraction of sp³-hybridized carbons (Fsp3) is 0.286. The molecule has 0 aliphatic heterocycles. The minimum Gasteiger partial charge on any atom is -0.493 e. The summed E-state index contributed by atoms with van der Waals surface area (Å²) in [6.07, 6.45) is 4.14. The maximum atomic E-state index is 12.4. The normalized spacial score (nSPS) is 11.7. The summed E-state index contributed by atoms with van der Waals surface area (Å²) in [4.78, 5) is 12.4. The molecule has 0 radical (unpaired) electrons. The molecule has 0 fully saturated rings. The van der Waals surface area contributed by atoms with Crippen LogP contribution in [-0.2, 0) is 4.79 Å². The first-order chi connectivity index (χ1) is 16.6. The lowest BCUT2D eigenvalue weighted by molar-refractivity contribution is -0.127. The number of amides is 1. The van der Waals surface area contributed by atoms with Gasteiger partial charge < -0.3 is 14.2 Å². The average Bonchev–Trinajstić information content (AvgIpc) is 2.88.